The van der Waals surface area contributed by atoms with Crippen LogP contribution in [0.25, 0.3) is 10.9 Å². The largest absolute Gasteiger partial charge is 0.452 e. The zero-order chi connectivity index (χ0) is 23.5. The standard InChI is InChI=1S/C24H24N4O5/c1-16-3-8-22-20(13-16)21(14-17(2)25-22)24(30)33-15-23(29)27-11-9-26(10-12-27)18-4-6-19(7-5-18)28(31)32/h3-8,13-14H,9-12,15H2,1-2H3. The van der Waals surface area contributed by atoms with Gasteiger partial charge < -0.3 is 14.5 Å². The summed E-state index contributed by atoms with van der Waals surface area (Å²) >= 11 is 0. The fraction of sp³-hybridized carbons (Fsp3) is 0.292. The molecule has 4 rings (SSSR count). The van der Waals surface area contributed by atoms with Crippen molar-refractivity contribution >= 4 is 34.2 Å². The summed E-state index contributed by atoms with van der Waals surface area (Å²) in [5, 5.41) is 11.5. The molecule has 0 atom stereocenters. The zero-order valence-electron chi connectivity index (χ0n) is 18.5. The molecule has 1 fully saturated rings. The molecule has 1 amide bonds. The number of ether oxygens (including phenoxy) is 1. The number of hydrogen-bond acceptors (Lipinski definition) is 7. The summed E-state index contributed by atoms with van der Waals surface area (Å²) in [4.78, 5) is 43.9. The van der Waals surface area contributed by atoms with E-state index in [1.54, 1.807) is 23.1 Å². The number of pyridine rings is 1. The molecule has 1 aliphatic heterocycles. The zero-order valence-corrected chi connectivity index (χ0v) is 18.5. The minimum Gasteiger partial charge on any atom is -0.452 e. The van der Waals surface area contributed by atoms with Crippen LogP contribution < -0.4 is 4.90 Å². The minimum absolute atomic E-state index is 0.0432. The number of amides is 1. The van der Waals surface area contributed by atoms with Gasteiger partial charge in [-0.3, -0.25) is 19.9 Å². The highest BCUT2D eigenvalue weighted by Crippen LogP contribution is 2.22. The Kier molecular flexibility index (Phi) is 6.21. The average molecular weight is 448 g/mol. The van der Waals surface area contributed by atoms with Gasteiger partial charge in [-0.05, 0) is 44.2 Å². The van der Waals surface area contributed by atoms with Gasteiger partial charge in [0.2, 0.25) is 0 Å². The van der Waals surface area contributed by atoms with Crippen LogP contribution in [0.5, 0.6) is 0 Å². The number of hydrogen-bond donors (Lipinski definition) is 0. The summed E-state index contributed by atoms with van der Waals surface area (Å²) in [6.07, 6.45) is 0. The molecule has 0 unspecified atom stereocenters. The number of nitro groups is 1. The predicted molar refractivity (Wildman–Crippen MR) is 123 cm³/mol. The van der Waals surface area contributed by atoms with E-state index in [1.807, 2.05) is 32.0 Å². The molecule has 9 heteroatoms. The van der Waals surface area contributed by atoms with Crippen LogP contribution in [0, 0.1) is 24.0 Å². The predicted octanol–water partition coefficient (Wildman–Crippen LogP) is 3.27. The van der Waals surface area contributed by atoms with E-state index >= 15 is 0 Å². The van der Waals surface area contributed by atoms with Crippen LogP contribution in [-0.2, 0) is 9.53 Å². The molecule has 0 aliphatic carbocycles. The Bertz CT molecular complexity index is 1220. The van der Waals surface area contributed by atoms with Gasteiger partial charge in [-0.1, -0.05) is 11.6 Å². The van der Waals surface area contributed by atoms with Gasteiger partial charge in [0, 0.05) is 55.1 Å². The maximum atomic E-state index is 12.7. The number of carbonyl (C=O) groups is 2. The quantitative estimate of drug-likeness (QED) is 0.335. The molecule has 0 bridgehead atoms. The van der Waals surface area contributed by atoms with Crippen molar-refractivity contribution in [3.63, 3.8) is 0 Å². The number of benzene rings is 2. The molecule has 0 N–H and O–H groups in total. The molecule has 33 heavy (non-hydrogen) atoms. The number of piperazine rings is 1. The minimum atomic E-state index is -0.547. The molecule has 1 aromatic heterocycles. The van der Waals surface area contributed by atoms with Crippen LogP contribution >= 0.6 is 0 Å². The first kappa shape index (κ1) is 22.2. The molecule has 9 nitrogen and oxygen atoms in total. The van der Waals surface area contributed by atoms with E-state index in [-0.39, 0.29) is 18.2 Å². The van der Waals surface area contributed by atoms with Gasteiger partial charge in [0.15, 0.2) is 6.61 Å². The number of nitro benzene ring substituents is 1. The van der Waals surface area contributed by atoms with Crippen molar-refractivity contribution in [1.82, 2.24) is 9.88 Å². The van der Waals surface area contributed by atoms with Gasteiger partial charge in [0.1, 0.15) is 0 Å². The molecule has 2 heterocycles. The number of nitrogens with zero attached hydrogens (tertiary/aromatic N) is 4. The lowest BCUT2D eigenvalue weighted by Crippen LogP contribution is -2.49. The maximum Gasteiger partial charge on any atom is 0.339 e. The Hall–Kier alpha value is -4.01. The number of carbonyl (C=O) groups excluding carboxylic acids is 2. The molecule has 0 radical (unpaired) electrons. The van der Waals surface area contributed by atoms with Crippen LogP contribution in [0.4, 0.5) is 11.4 Å². The fourth-order valence-electron chi connectivity index (χ4n) is 3.94. The number of esters is 1. The first-order valence-electron chi connectivity index (χ1n) is 10.6. The average Bonchev–Trinajstić information content (AvgIpc) is 2.82. The highest BCUT2D eigenvalue weighted by atomic mass is 16.6. The third kappa shape index (κ3) is 4.92. The number of rotatable bonds is 5. The van der Waals surface area contributed by atoms with E-state index in [9.17, 15) is 19.7 Å². The van der Waals surface area contributed by atoms with Crippen LogP contribution in [0.3, 0.4) is 0 Å². The summed E-state index contributed by atoms with van der Waals surface area (Å²) in [5.41, 5.74) is 3.73. The van der Waals surface area contributed by atoms with Crippen LogP contribution in [0.1, 0.15) is 21.6 Å². The Morgan fingerprint density at radius 2 is 1.73 bits per heavy atom. The smallest absolute Gasteiger partial charge is 0.339 e. The van der Waals surface area contributed by atoms with E-state index in [1.165, 1.54) is 12.1 Å². The van der Waals surface area contributed by atoms with Crippen LogP contribution in [0.2, 0.25) is 0 Å². The van der Waals surface area contributed by atoms with Crippen molar-refractivity contribution in [1.29, 1.82) is 0 Å². The highest BCUT2D eigenvalue weighted by molar-refractivity contribution is 6.04. The summed E-state index contributed by atoms with van der Waals surface area (Å²) < 4.78 is 5.36. The second-order valence-corrected chi connectivity index (χ2v) is 8.05. The maximum absolute atomic E-state index is 12.7. The van der Waals surface area contributed by atoms with E-state index in [4.69, 9.17) is 4.74 Å². The third-order valence-corrected chi connectivity index (χ3v) is 5.70. The summed E-state index contributed by atoms with van der Waals surface area (Å²) in [6, 6.07) is 13.7. The van der Waals surface area contributed by atoms with Crippen molar-refractivity contribution in [3.8, 4) is 0 Å². The number of aryl methyl sites for hydroxylation is 2. The van der Waals surface area contributed by atoms with Gasteiger partial charge in [0.05, 0.1) is 16.0 Å². The first-order valence-corrected chi connectivity index (χ1v) is 10.6. The number of aromatic nitrogens is 1. The van der Waals surface area contributed by atoms with Crippen LogP contribution in [-0.4, -0.2) is 59.5 Å². The van der Waals surface area contributed by atoms with Crippen molar-refractivity contribution in [2.24, 2.45) is 0 Å². The Balaban J connectivity index is 1.34. The SMILES string of the molecule is Cc1ccc2nc(C)cc(C(=O)OCC(=O)N3CCN(c4ccc([N+](=O)[O-])cc4)CC3)c2c1. The van der Waals surface area contributed by atoms with Crippen molar-refractivity contribution in [3.05, 3.63) is 75.5 Å². The van der Waals surface area contributed by atoms with Gasteiger partial charge in [0.25, 0.3) is 11.6 Å². The topological polar surface area (TPSA) is 106 Å². The Labute approximate surface area is 190 Å². The van der Waals surface area contributed by atoms with E-state index < -0.39 is 10.9 Å². The Morgan fingerprint density at radius 1 is 1.03 bits per heavy atom. The van der Waals surface area contributed by atoms with Gasteiger partial charge >= 0.3 is 5.97 Å². The van der Waals surface area contributed by atoms with Crippen LogP contribution in [0.15, 0.2) is 48.5 Å². The molecule has 0 saturated carbocycles. The van der Waals surface area contributed by atoms with Gasteiger partial charge in [-0.2, -0.15) is 0 Å². The first-order chi connectivity index (χ1) is 15.8. The molecule has 3 aromatic rings. The van der Waals surface area contributed by atoms with E-state index in [2.05, 4.69) is 9.88 Å². The second kappa shape index (κ2) is 9.23. The number of fused-ring (bicyclic) bond motifs is 1. The second-order valence-electron chi connectivity index (χ2n) is 8.05. The van der Waals surface area contributed by atoms with E-state index in [0.29, 0.717) is 48.3 Å². The fourth-order valence-corrected chi connectivity index (χ4v) is 3.94. The van der Waals surface area contributed by atoms with E-state index in [0.717, 1.165) is 11.3 Å². The normalized spacial score (nSPS) is 13.8. The molecule has 1 aliphatic rings. The molecular weight excluding hydrogens is 424 g/mol. The van der Waals surface area contributed by atoms with Gasteiger partial charge in [-0.25, -0.2) is 4.79 Å². The Morgan fingerprint density at radius 3 is 2.39 bits per heavy atom. The summed E-state index contributed by atoms with van der Waals surface area (Å²) in [7, 11) is 0. The van der Waals surface area contributed by atoms with Crippen molar-refractivity contribution < 1.29 is 19.2 Å². The lowest BCUT2D eigenvalue weighted by Gasteiger charge is -2.36. The lowest BCUT2D eigenvalue weighted by atomic mass is 10.1. The van der Waals surface area contributed by atoms with Gasteiger partial charge in [-0.15, -0.1) is 0 Å². The number of non-ortho nitro benzene ring substituents is 1. The molecule has 1 saturated heterocycles. The molecule has 0 spiro atoms. The molecular formula is C24H24N4O5. The van der Waals surface area contributed by atoms with Crippen molar-refractivity contribution in [2.75, 3.05) is 37.7 Å². The molecule has 2 aromatic carbocycles. The summed E-state index contributed by atoms with van der Waals surface area (Å²) in [5.74, 6) is -0.799. The molecule has 170 valence electrons. The monoisotopic (exact) mass is 448 g/mol. The number of anilines is 1. The highest BCUT2D eigenvalue weighted by Gasteiger charge is 2.23. The third-order valence-electron chi connectivity index (χ3n) is 5.70. The lowest BCUT2D eigenvalue weighted by molar-refractivity contribution is -0.384. The van der Waals surface area contributed by atoms with Crippen molar-refractivity contribution in [2.45, 2.75) is 13.8 Å². The summed E-state index contributed by atoms with van der Waals surface area (Å²) in [6.45, 7) is 5.55.